The molecule has 120 valence electrons. The van der Waals surface area contributed by atoms with Crippen molar-refractivity contribution >= 4 is 21.6 Å². The van der Waals surface area contributed by atoms with E-state index in [1.165, 1.54) is 11.2 Å². The molecule has 0 radical (unpaired) electrons. The van der Waals surface area contributed by atoms with Gasteiger partial charge in [-0.3, -0.25) is 4.79 Å². The fourth-order valence-electron chi connectivity index (χ4n) is 3.20. The Morgan fingerprint density at radius 3 is 2.77 bits per heavy atom. The maximum Gasteiger partial charge on any atom is 0.243 e. The molecule has 1 amide bonds. The standard InChI is InChI=1S/C15H21N3O3S/c1-11(19)18-7-5-13-2-3-14(8-15(13)18)22(20,21)17-6-4-12(9-16)10-17/h2-3,8,12H,4-7,9-10,16H2,1H3/t12-/m0/s1. The van der Waals surface area contributed by atoms with Crippen LogP contribution in [0.3, 0.4) is 0 Å². The zero-order valence-corrected chi connectivity index (χ0v) is 13.5. The summed E-state index contributed by atoms with van der Waals surface area (Å²) in [5.41, 5.74) is 7.39. The molecule has 0 aromatic heterocycles. The molecule has 0 bridgehead atoms. The topological polar surface area (TPSA) is 83.7 Å². The van der Waals surface area contributed by atoms with E-state index >= 15 is 0 Å². The molecule has 6 nitrogen and oxygen atoms in total. The molecular formula is C15H21N3O3S. The maximum atomic E-state index is 12.8. The Morgan fingerprint density at radius 2 is 2.14 bits per heavy atom. The number of sulfonamides is 1. The number of fused-ring (bicyclic) bond motifs is 1. The molecule has 1 saturated heterocycles. The third-order valence-corrected chi connectivity index (χ3v) is 6.41. The van der Waals surface area contributed by atoms with Gasteiger partial charge in [0.25, 0.3) is 0 Å². The summed E-state index contributed by atoms with van der Waals surface area (Å²) >= 11 is 0. The minimum absolute atomic E-state index is 0.0577. The van der Waals surface area contributed by atoms with Crippen LogP contribution in [0, 0.1) is 5.92 Å². The Labute approximate surface area is 130 Å². The number of carbonyl (C=O) groups excluding carboxylic acids is 1. The van der Waals surface area contributed by atoms with Crippen molar-refractivity contribution in [2.45, 2.75) is 24.7 Å². The van der Waals surface area contributed by atoms with Gasteiger partial charge in [-0.1, -0.05) is 6.07 Å². The number of nitrogens with two attached hydrogens (primary N) is 1. The number of anilines is 1. The molecule has 3 rings (SSSR count). The Morgan fingerprint density at radius 1 is 1.36 bits per heavy atom. The highest BCUT2D eigenvalue weighted by Gasteiger charge is 2.33. The van der Waals surface area contributed by atoms with Crippen molar-refractivity contribution in [1.29, 1.82) is 0 Å². The van der Waals surface area contributed by atoms with Gasteiger partial charge < -0.3 is 10.6 Å². The number of carbonyl (C=O) groups is 1. The first kappa shape index (κ1) is 15.5. The van der Waals surface area contributed by atoms with E-state index in [2.05, 4.69) is 0 Å². The van der Waals surface area contributed by atoms with Crippen LogP contribution >= 0.6 is 0 Å². The molecule has 0 saturated carbocycles. The van der Waals surface area contributed by atoms with E-state index in [0.717, 1.165) is 24.1 Å². The van der Waals surface area contributed by atoms with E-state index in [0.29, 0.717) is 26.2 Å². The second-order valence-electron chi connectivity index (χ2n) is 5.96. The highest BCUT2D eigenvalue weighted by molar-refractivity contribution is 7.89. The van der Waals surface area contributed by atoms with Crippen LogP contribution in [0.2, 0.25) is 0 Å². The SMILES string of the molecule is CC(=O)N1CCc2ccc(S(=O)(=O)N3CC[C@@H](CN)C3)cc21. The van der Waals surface area contributed by atoms with Crippen LogP contribution in [0.15, 0.2) is 23.1 Å². The minimum Gasteiger partial charge on any atom is -0.330 e. The number of amides is 1. The molecule has 2 N–H and O–H groups in total. The molecule has 22 heavy (non-hydrogen) atoms. The molecule has 2 aliphatic heterocycles. The van der Waals surface area contributed by atoms with Crippen molar-refractivity contribution < 1.29 is 13.2 Å². The minimum atomic E-state index is -3.51. The summed E-state index contributed by atoms with van der Waals surface area (Å²) < 4.78 is 27.0. The number of hydrogen-bond donors (Lipinski definition) is 1. The van der Waals surface area contributed by atoms with E-state index in [1.807, 2.05) is 6.07 Å². The lowest BCUT2D eigenvalue weighted by atomic mass is 10.1. The largest absolute Gasteiger partial charge is 0.330 e. The van der Waals surface area contributed by atoms with Gasteiger partial charge in [0, 0.05) is 32.2 Å². The molecule has 7 heteroatoms. The summed E-state index contributed by atoms with van der Waals surface area (Å²) in [4.78, 5) is 13.6. The summed E-state index contributed by atoms with van der Waals surface area (Å²) in [6.45, 7) is 3.62. The normalized spacial score (nSPS) is 22.1. The van der Waals surface area contributed by atoms with Crippen molar-refractivity contribution in [1.82, 2.24) is 4.31 Å². The van der Waals surface area contributed by atoms with Gasteiger partial charge in [-0.25, -0.2) is 8.42 Å². The van der Waals surface area contributed by atoms with E-state index in [4.69, 9.17) is 5.73 Å². The molecule has 0 unspecified atom stereocenters. The van der Waals surface area contributed by atoms with Gasteiger partial charge in [0.2, 0.25) is 15.9 Å². The molecule has 2 heterocycles. The summed E-state index contributed by atoms with van der Waals surface area (Å²) in [7, 11) is -3.51. The highest BCUT2D eigenvalue weighted by atomic mass is 32.2. The van der Waals surface area contributed by atoms with Crippen molar-refractivity contribution in [3.63, 3.8) is 0 Å². The van der Waals surface area contributed by atoms with Gasteiger partial charge in [0.15, 0.2) is 0 Å². The average Bonchev–Trinajstić information content (AvgIpc) is 3.13. The van der Waals surface area contributed by atoms with Crippen LogP contribution in [0.1, 0.15) is 18.9 Å². The first-order chi connectivity index (χ1) is 10.4. The van der Waals surface area contributed by atoms with Crippen LogP contribution in [-0.2, 0) is 21.2 Å². The van der Waals surface area contributed by atoms with Crippen molar-refractivity contribution in [3.05, 3.63) is 23.8 Å². The lowest BCUT2D eigenvalue weighted by molar-refractivity contribution is -0.116. The molecule has 1 aromatic rings. The highest BCUT2D eigenvalue weighted by Crippen LogP contribution is 2.32. The van der Waals surface area contributed by atoms with Gasteiger partial charge in [0.05, 0.1) is 4.90 Å². The van der Waals surface area contributed by atoms with Crippen LogP contribution in [0.4, 0.5) is 5.69 Å². The Hall–Kier alpha value is -1.44. The van der Waals surface area contributed by atoms with E-state index in [-0.39, 0.29) is 16.7 Å². The molecule has 2 aliphatic rings. The summed E-state index contributed by atoms with van der Waals surface area (Å²) in [6.07, 6.45) is 1.58. The number of rotatable bonds is 3. The van der Waals surface area contributed by atoms with Crippen LogP contribution in [0.25, 0.3) is 0 Å². The fourth-order valence-corrected chi connectivity index (χ4v) is 4.76. The molecule has 1 aromatic carbocycles. The number of hydrogen-bond acceptors (Lipinski definition) is 4. The van der Waals surface area contributed by atoms with Crippen molar-refractivity contribution in [2.75, 3.05) is 31.1 Å². The van der Waals surface area contributed by atoms with Crippen LogP contribution in [0.5, 0.6) is 0 Å². The Kier molecular flexibility index (Phi) is 3.96. The monoisotopic (exact) mass is 323 g/mol. The van der Waals surface area contributed by atoms with Gasteiger partial charge in [-0.15, -0.1) is 0 Å². The summed E-state index contributed by atoms with van der Waals surface area (Å²) in [5.74, 6) is 0.176. The zero-order valence-electron chi connectivity index (χ0n) is 12.7. The Balaban J connectivity index is 1.93. The Bertz CT molecular complexity index is 702. The third kappa shape index (κ3) is 2.53. The quantitative estimate of drug-likeness (QED) is 0.881. The van der Waals surface area contributed by atoms with Gasteiger partial charge in [-0.2, -0.15) is 4.31 Å². The summed E-state index contributed by atoms with van der Waals surface area (Å²) in [6, 6.07) is 5.10. The van der Waals surface area contributed by atoms with Gasteiger partial charge in [-0.05, 0) is 43.0 Å². The first-order valence-corrected chi connectivity index (χ1v) is 8.98. The van der Waals surface area contributed by atoms with E-state index < -0.39 is 10.0 Å². The zero-order chi connectivity index (χ0) is 15.9. The van der Waals surface area contributed by atoms with Crippen molar-refractivity contribution in [3.8, 4) is 0 Å². The van der Waals surface area contributed by atoms with Gasteiger partial charge in [0.1, 0.15) is 0 Å². The molecular weight excluding hydrogens is 302 g/mol. The maximum absolute atomic E-state index is 12.8. The number of nitrogens with zero attached hydrogens (tertiary/aromatic N) is 2. The van der Waals surface area contributed by atoms with E-state index in [9.17, 15) is 13.2 Å². The third-order valence-electron chi connectivity index (χ3n) is 4.55. The van der Waals surface area contributed by atoms with Crippen molar-refractivity contribution in [2.24, 2.45) is 11.7 Å². The predicted molar refractivity (Wildman–Crippen MR) is 84.1 cm³/mol. The van der Waals surface area contributed by atoms with Crippen LogP contribution in [-0.4, -0.2) is 44.8 Å². The molecule has 1 atom stereocenters. The second kappa shape index (κ2) is 5.64. The first-order valence-electron chi connectivity index (χ1n) is 7.54. The lowest BCUT2D eigenvalue weighted by Gasteiger charge is -2.19. The predicted octanol–water partition coefficient (Wildman–Crippen LogP) is 0.565. The van der Waals surface area contributed by atoms with Crippen LogP contribution < -0.4 is 10.6 Å². The molecule has 0 spiro atoms. The second-order valence-corrected chi connectivity index (χ2v) is 7.90. The smallest absolute Gasteiger partial charge is 0.243 e. The fraction of sp³-hybridized carbons (Fsp3) is 0.533. The van der Waals surface area contributed by atoms with E-state index in [1.54, 1.807) is 17.0 Å². The number of benzene rings is 1. The van der Waals surface area contributed by atoms with Gasteiger partial charge >= 0.3 is 0 Å². The average molecular weight is 323 g/mol. The summed E-state index contributed by atoms with van der Waals surface area (Å²) in [5, 5.41) is 0. The lowest BCUT2D eigenvalue weighted by Crippen LogP contribution is -2.30. The molecule has 0 aliphatic carbocycles. The molecule has 1 fully saturated rings.